The van der Waals surface area contributed by atoms with Gasteiger partial charge in [-0.3, -0.25) is 4.90 Å². The predicted molar refractivity (Wildman–Crippen MR) is 148 cm³/mol. The first-order valence-electron chi connectivity index (χ1n) is 14.2. The molecule has 41 heavy (non-hydrogen) atoms. The Kier molecular flexibility index (Phi) is 5.97. The highest BCUT2D eigenvalue weighted by atomic mass is 19.2. The zero-order chi connectivity index (χ0) is 28.5. The van der Waals surface area contributed by atoms with Crippen molar-refractivity contribution < 1.29 is 27.6 Å². The lowest BCUT2D eigenvalue weighted by Crippen LogP contribution is -2.53. The van der Waals surface area contributed by atoms with E-state index in [1.165, 1.54) is 11.0 Å². The van der Waals surface area contributed by atoms with Gasteiger partial charge in [0.25, 0.3) is 0 Å². The molecule has 3 heterocycles. The fourth-order valence-corrected chi connectivity index (χ4v) is 7.39. The molecule has 3 saturated carbocycles. The molecule has 8 nitrogen and oxygen atoms in total. The van der Waals surface area contributed by atoms with Crippen molar-refractivity contribution in [2.24, 2.45) is 0 Å². The highest BCUT2D eigenvalue weighted by molar-refractivity contribution is 5.90. The maximum absolute atomic E-state index is 14.4. The second-order valence-electron chi connectivity index (χ2n) is 11.7. The Hall–Kier alpha value is -3.79. The Labute approximate surface area is 236 Å². The molecule has 214 valence electrons. The molecule has 1 atom stereocenters. The van der Waals surface area contributed by atoms with Gasteiger partial charge in [-0.1, -0.05) is 11.2 Å². The fraction of sp³-hybridized carbons (Fsp3) is 0.452. The topological polar surface area (TPSA) is 82.6 Å². The van der Waals surface area contributed by atoms with E-state index in [0.29, 0.717) is 6.42 Å². The fourth-order valence-electron chi connectivity index (χ4n) is 7.39. The van der Waals surface area contributed by atoms with Crippen molar-refractivity contribution in [3.63, 3.8) is 0 Å². The van der Waals surface area contributed by atoms with Gasteiger partial charge in [-0.05, 0) is 82.2 Å². The van der Waals surface area contributed by atoms with Crippen LogP contribution in [0.4, 0.5) is 19.3 Å². The Morgan fingerprint density at radius 2 is 1.76 bits per heavy atom. The number of anilines is 1. The van der Waals surface area contributed by atoms with Gasteiger partial charge >= 0.3 is 6.09 Å². The zero-order valence-corrected chi connectivity index (χ0v) is 23.4. The molecular weight excluding hydrogens is 530 g/mol. The van der Waals surface area contributed by atoms with Crippen molar-refractivity contribution in [3.05, 3.63) is 65.3 Å². The van der Waals surface area contributed by atoms with E-state index < -0.39 is 23.8 Å². The van der Waals surface area contributed by atoms with Gasteiger partial charge < -0.3 is 18.6 Å². The largest absolute Gasteiger partial charge is 0.449 e. The smallest absolute Gasteiger partial charge is 0.414 e. The third kappa shape index (κ3) is 3.98. The minimum atomic E-state index is -1.02. The summed E-state index contributed by atoms with van der Waals surface area (Å²) < 4.78 is 47.4. The molecule has 4 aliphatic rings. The van der Waals surface area contributed by atoms with Crippen LogP contribution in [-0.2, 0) is 15.0 Å². The molecule has 1 aliphatic heterocycles. The number of hydrogen-bond acceptors (Lipinski definition) is 6. The normalized spacial score (nSPS) is 26.1. The molecule has 4 fully saturated rings. The summed E-state index contributed by atoms with van der Waals surface area (Å²) in [5, 5.41) is 4.12. The summed E-state index contributed by atoms with van der Waals surface area (Å²) in [5.41, 5.74) is 4.42. The number of aromatic nitrogens is 3. The molecule has 1 unspecified atom stereocenters. The van der Waals surface area contributed by atoms with Crippen LogP contribution >= 0.6 is 0 Å². The third-order valence-electron chi connectivity index (χ3n) is 9.65. The molecule has 2 bridgehead atoms. The Morgan fingerprint density at radius 3 is 2.41 bits per heavy atom. The quantitative estimate of drug-likeness (QED) is 0.258. The van der Waals surface area contributed by atoms with Crippen LogP contribution in [-0.4, -0.2) is 40.1 Å². The molecule has 0 N–H and O–H groups in total. The number of imidazole rings is 1. The van der Waals surface area contributed by atoms with Crippen molar-refractivity contribution in [2.75, 3.05) is 18.6 Å². The van der Waals surface area contributed by atoms with Crippen molar-refractivity contribution in [1.29, 1.82) is 0 Å². The first-order valence-corrected chi connectivity index (χ1v) is 14.2. The van der Waals surface area contributed by atoms with Crippen LogP contribution in [0.3, 0.4) is 0 Å². The maximum Gasteiger partial charge on any atom is 0.414 e. The molecule has 2 aromatic heterocycles. The number of hydrogen-bond donors (Lipinski definition) is 0. The maximum atomic E-state index is 14.4. The van der Waals surface area contributed by atoms with Gasteiger partial charge in [0.15, 0.2) is 11.6 Å². The van der Waals surface area contributed by atoms with Crippen LogP contribution in [0.1, 0.15) is 68.3 Å². The lowest BCUT2D eigenvalue weighted by atomic mass is 9.62. The average molecular weight is 563 g/mol. The highest BCUT2D eigenvalue weighted by Crippen LogP contribution is 2.54. The summed E-state index contributed by atoms with van der Waals surface area (Å²) in [7, 11) is 1.81. The number of carbonyl (C=O) groups is 1. The number of methoxy groups -OCH3 is 1. The number of rotatable bonds is 5. The summed E-state index contributed by atoms with van der Waals surface area (Å²) in [4.78, 5) is 19.8. The minimum Gasteiger partial charge on any atom is -0.449 e. The average Bonchev–Trinajstić information content (AvgIpc) is 3.54. The number of benzene rings is 2. The minimum absolute atomic E-state index is 0.0822. The van der Waals surface area contributed by atoms with Crippen LogP contribution in [0.15, 0.2) is 40.9 Å². The summed E-state index contributed by atoms with van der Waals surface area (Å²) >= 11 is 0. The van der Waals surface area contributed by atoms with Crippen LogP contribution in [0, 0.1) is 25.5 Å². The summed E-state index contributed by atoms with van der Waals surface area (Å²) in [6, 6.07) is 9.18. The van der Waals surface area contributed by atoms with Gasteiger partial charge in [-0.25, -0.2) is 18.6 Å². The Morgan fingerprint density at radius 1 is 1.00 bits per heavy atom. The molecule has 0 radical (unpaired) electrons. The van der Waals surface area contributed by atoms with Crippen LogP contribution < -0.4 is 4.90 Å². The van der Waals surface area contributed by atoms with Crippen molar-refractivity contribution >= 4 is 22.8 Å². The number of aryl methyl sites for hydroxylation is 2. The first kappa shape index (κ1) is 26.1. The van der Waals surface area contributed by atoms with Gasteiger partial charge in [0.2, 0.25) is 0 Å². The molecule has 4 aromatic rings. The van der Waals surface area contributed by atoms with E-state index in [2.05, 4.69) is 21.9 Å². The van der Waals surface area contributed by atoms with Crippen LogP contribution in [0.5, 0.6) is 0 Å². The number of amides is 1. The van der Waals surface area contributed by atoms with E-state index in [1.54, 1.807) is 7.11 Å². The highest BCUT2D eigenvalue weighted by Gasteiger charge is 2.52. The second-order valence-corrected chi connectivity index (χ2v) is 11.7. The molecule has 1 amide bonds. The predicted octanol–water partition coefficient (Wildman–Crippen LogP) is 7.12. The summed E-state index contributed by atoms with van der Waals surface area (Å²) in [6.45, 7) is 4.01. The van der Waals surface area contributed by atoms with Gasteiger partial charge in [-0.15, -0.1) is 0 Å². The SMILES string of the molecule is COC12CCC(n3c(C4CCOC(=O)N4c4ccc(F)c(F)c4)nc4cc(-c5c(C)noc5C)ccc43)(CC1)CC2. The first-order chi connectivity index (χ1) is 19.7. The lowest BCUT2D eigenvalue weighted by Gasteiger charge is -2.54. The number of nitrogens with zero attached hydrogens (tertiary/aromatic N) is 4. The van der Waals surface area contributed by atoms with E-state index in [-0.39, 0.29) is 23.4 Å². The monoisotopic (exact) mass is 562 g/mol. The van der Waals surface area contributed by atoms with E-state index >= 15 is 0 Å². The zero-order valence-electron chi connectivity index (χ0n) is 23.4. The standard InChI is InChI=1S/C31H32F2N4O4/c1-18-27(19(2)41-35-18)20-4-7-25-24(16-20)34-28(37(25)30-9-12-31(39-3,13-10-30)14-11-30)26-8-15-40-29(38)36(26)21-5-6-22(32)23(33)17-21/h4-7,16-17,26H,8-15H2,1-3H3. The van der Waals surface area contributed by atoms with E-state index in [9.17, 15) is 13.6 Å². The van der Waals surface area contributed by atoms with Crippen molar-refractivity contribution in [2.45, 2.75) is 76.0 Å². The Bertz CT molecular complexity index is 1630. The van der Waals surface area contributed by atoms with E-state index in [0.717, 1.165) is 90.1 Å². The Balaban J connectivity index is 1.42. The summed E-state index contributed by atoms with van der Waals surface area (Å²) in [6.07, 6.45) is 5.46. The molecule has 1 saturated heterocycles. The van der Waals surface area contributed by atoms with Gasteiger partial charge in [-0.2, -0.15) is 0 Å². The van der Waals surface area contributed by atoms with Crippen LogP contribution in [0.2, 0.25) is 0 Å². The third-order valence-corrected chi connectivity index (χ3v) is 9.65. The van der Waals surface area contributed by atoms with Gasteiger partial charge in [0.1, 0.15) is 17.6 Å². The number of cyclic esters (lactones) is 1. The molecule has 0 spiro atoms. The lowest BCUT2D eigenvalue weighted by molar-refractivity contribution is -0.111. The molecule has 10 heteroatoms. The van der Waals surface area contributed by atoms with Crippen LogP contribution in [0.25, 0.3) is 22.2 Å². The summed E-state index contributed by atoms with van der Waals surface area (Å²) in [5.74, 6) is -0.537. The molecular formula is C31H32F2N4O4. The van der Waals surface area contributed by atoms with E-state index in [1.807, 2.05) is 19.9 Å². The molecule has 3 aliphatic carbocycles. The van der Waals surface area contributed by atoms with Gasteiger partial charge in [0, 0.05) is 30.7 Å². The van der Waals surface area contributed by atoms with Crippen molar-refractivity contribution in [1.82, 2.24) is 14.7 Å². The number of fused-ring (bicyclic) bond motifs is 4. The molecule has 2 aromatic carbocycles. The van der Waals surface area contributed by atoms with Gasteiger partial charge in [0.05, 0.1) is 34.6 Å². The number of halogens is 2. The second kappa shape index (κ2) is 9.37. The number of carbonyl (C=O) groups excluding carboxylic acids is 1. The molecule has 8 rings (SSSR count). The number of ether oxygens (including phenoxy) is 2. The van der Waals surface area contributed by atoms with Crippen molar-refractivity contribution in [3.8, 4) is 11.1 Å². The van der Waals surface area contributed by atoms with E-state index in [4.69, 9.17) is 19.0 Å².